The summed E-state index contributed by atoms with van der Waals surface area (Å²) in [5.41, 5.74) is 0.731. The Balaban J connectivity index is 1.84. The van der Waals surface area contributed by atoms with Gasteiger partial charge in [-0.05, 0) is 44.4 Å². The van der Waals surface area contributed by atoms with E-state index in [4.69, 9.17) is 4.74 Å². The molecule has 1 fully saturated rings. The minimum Gasteiger partial charge on any atom is -0.491 e. The summed E-state index contributed by atoms with van der Waals surface area (Å²) < 4.78 is 5.58. The van der Waals surface area contributed by atoms with E-state index >= 15 is 0 Å². The molecule has 0 aliphatic heterocycles. The van der Waals surface area contributed by atoms with Gasteiger partial charge in [-0.2, -0.15) is 0 Å². The summed E-state index contributed by atoms with van der Waals surface area (Å²) in [6, 6.07) is 7.39. The molecule has 0 radical (unpaired) electrons. The van der Waals surface area contributed by atoms with Crippen LogP contribution in [0.25, 0.3) is 0 Å². The molecule has 0 bridgehead atoms. The highest BCUT2D eigenvalue weighted by Crippen LogP contribution is 2.20. The standard InChI is InChI=1S/C15H22N2O3/c1-10(2)20-13-5-3-4-11(8-13)14(18)9-16-15(19)17-12-6-7-12/h3-5,8,10,12,14,18H,6-7,9H2,1-2H3,(H2,16,17,19)/t14-/m1/s1. The van der Waals surface area contributed by atoms with Gasteiger partial charge in [0.25, 0.3) is 0 Å². The van der Waals surface area contributed by atoms with Crippen LogP contribution in [0.1, 0.15) is 38.4 Å². The summed E-state index contributed by atoms with van der Waals surface area (Å²) in [7, 11) is 0. The molecule has 0 spiro atoms. The fraction of sp³-hybridized carbons (Fsp3) is 0.533. The van der Waals surface area contributed by atoms with E-state index in [0.717, 1.165) is 24.2 Å². The lowest BCUT2D eigenvalue weighted by Gasteiger charge is -2.15. The molecule has 1 saturated carbocycles. The molecule has 2 amide bonds. The van der Waals surface area contributed by atoms with Gasteiger partial charge < -0.3 is 20.5 Å². The van der Waals surface area contributed by atoms with Crippen molar-refractivity contribution in [3.8, 4) is 5.75 Å². The Morgan fingerprint density at radius 3 is 2.85 bits per heavy atom. The van der Waals surface area contributed by atoms with E-state index in [1.54, 1.807) is 6.07 Å². The maximum atomic E-state index is 11.5. The topological polar surface area (TPSA) is 70.6 Å². The number of hydrogen-bond donors (Lipinski definition) is 3. The summed E-state index contributed by atoms with van der Waals surface area (Å²) in [5, 5.41) is 15.6. The van der Waals surface area contributed by atoms with E-state index in [1.165, 1.54) is 0 Å². The molecule has 2 rings (SSSR count). The van der Waals surface area contributed by atoms with Crippen LogP contribution in [0.5, 0.6) is 5.75 Å². The second-order valence-electron chi connectivity index (χ2n) is 5.38. The Kier molecular flexibility index (Phi) is 4.84. The van der Waals surface area contributed by atoms with E-state index in [-0.39, 0.29) is 18.7 Å². The largest absolute Gasteiger partial charge is 0.491 e. The molecule has 20 heavy (non-hydrogen) atoms. The summed E-state index contributed by atoms with van der Waals surface area (Å²) >= 11 is 0. The predicted molar refractivity (Wildman–Crippen MR) is 76.7 cm³/mol. The van der Waals surface area contributed by atoms with Crippen molar-refractivity contribution in [1.29, 1.82) is 0 Å². The van der Waals surface area contributed by atoms with Crippen molar-refractivity contribution in [2.75, 3.05) is 6.54 Å². The van der Waals surface area contributed by atoms with E-state index in [1.807, 2.05) is 32.0 Å². The predicted octanol–water partition coefficient (Wildman–Crippen LogP) is 1.97. The van der Waals surface area contributed by atoms with Crippen LogP contribution in [0, 0.1) is 0 Å². The Hall–Kier alpha value is -1.75. The van der Waals surface area contributed by atoms with Crippen molar-refractivity contribution >= 4 is 6.03 Å². The van der Waals surface area contributed by atoms with Gasteiger partial charge in [0, 0.05) is 12.6 Å². The highest BCUT2D eigenvalue weighted by Gasteiger charge is 2.23. The quantitative estimate of drug-likeness (QED) is 0.745. The molecular formula is C15H22N2O3. The first kappa shape index (κ1) is 14.7. The molecule has 1 aliphatic carbocycles. The zero-order chi connectivity index (χ0) is 14.5. The molecule has 3 N–H and O–H groups in total. The van der Waals surface area contributed by atoms with Crippen LogP contribution in [0.2, 0.25) is 0 Å². The Morgan fingerprint density at radius 1 is 1.45 bits per heavy atom. The summed E-state index contributed by atoms with van der Waals surface area (Å²) in [5.74, 6) is 0.721. The molecule has 1 atom stereocenters. The number of urea groups is 1. The number of ether oxygens (including phenoxy) is 1. The lowest BCUT2D eigenvalue weighted by Crippen LogP contribution is -2.38. The molecule has 0 unspecified atom stereocenters. The third-order valence-corrected chi connectivity index (χ3v) is 2.98. The van der Waals surface area contributed by atoms with Crippen molar-refractivity contribution < 1.29 is 14.6 Å². The molecule has 0 heterocycles. The van der Waals surface area contributed by atoms with Crippen LogP contribution in [0.15, 0.2) is 24.3 Å². The number of aliphatic hydroxyl groups excluding tert-OH is 1. The van der Waals surface area contributed by atoms with Crippen LogP contribution in [0.3, 0.4) is 0 Å². The van der Waals surface area contributed by atoms with E-state index in [0.29, 0.717) is 6.04 Å². The number of amides is 2. The molecule has 5 heteroatoms. The zero-order valence-electron chi connectivity index (χ0n) is 11.9. The second kappa shape index (κ2) is 6.61. The normalized spacial score (nSPS) is 15.8. The smallest absolute Gasteiger partial charge is 0.315 e. The zero-order valence-corrected chi connectivity index (χ0v) is 11.9. The monoisotopic (exact) mass is 278 g/mol. The molecule has 0 aromatic heterocycles. The van der Waals surface area contributed by atoms with Gasteiger partial charge in [-0.15, -0.1) is 0 Å². The molecule has 1 aromatic rings. The third-order valence-electron chi connectivity index (χ3n) is 2.98. The number of carbonyl (C=O) groups excluding carboxylic acids is 1. The molecular weight excluding hydrogens is 256 g/mol. The SMILES string of the molecule is CC(C)Oc1cccc([C@H](O)CNC(=O)NC2CC2)c1. The Bertz CT molecular complexity index is 458. The first-order chi connectivity index (χ1) is 9.54. The van der Waals surface area contributed by atoms with Crippen LogP contribution in [0.4, 0.5) is 4.79 Å². The number of carbonyl (C=O) groups is 1. The Labute approximate surface area is 119 Å². The van der Waals surface area contributed by atoms with Gasteiger partial charge in [-0.3, -0.25) is 0 Å². The van der Waals surface area contributed by atoms with Gasteiger partial charge in [-0.25, -0.2) is 4.79 Å². The van der Waals surface area contributed by atoms with E-state index < -0.39 is 6.10 Å². The van der Waals surface area contributed by atoms with Gasteiger partial charge in [0.1, 0.15) is 5.75 Å². The van der Waals surface area contributed by atoms with Crippen LogP contribution < -0.4 is 15.4 Å². The molecule has 1 aromatic carbocycles. The second-order valence-corrected chi connectivity index (χ2v) is 5.38. The van der Waals surface area contributed by atoms with Crippen LogP contribution in [-0.4, -0.2) is 29.8 Å². The Morgan fingerprint density at radius 2 is 2.20 bits per heavy atom. The molecule has 0 saturated heterocycles. The maximum absolute atomic E-state index is 11.5. The van der Waals surface area contributed by atoms with Crippen molar-refractivity contribution in [2.24, 2.45) is 0 Å². The average Bonchev–Trinajstić information content (AvgIpc) is 3.19. The molecule has 1 aliphatic rings. The molecule has 5 nitrogen and oxygen atoms in total. The third kappa shape index (κ3) is 4.74. The lowest BCUT2D eigenvalue weighted by molar-refractivity contribution is 0.172. The summed E-state index contributed by atoms with van der Waals surface area (Å²) in [6.07, 6.45) is 1.44. The summed E-state index contributed by atoms with van der Waals surface area (Å²) in [4.78, 5) is 11.5. The van der Waals surface area contributed by atoms with Gasteiger partial charge in [0.2, 0.25) is 0 Å². The summed E-state index contributed by atoms with van der Waals surface area (Å²) in [6.45, 7) is 4.09. The van der Waals surface area contributed by atoms with Gasteiger partial charge in [-0.1, -0.05) is 12.1 Å². The van der Waals surface area contributed by atoms with Gasteiger partial charge >= 0.3 is 6.03 Å². The van der Waals surface area contributed by atoms with Crippen LogP contribution in [-0.2, 0) is 0 Å². The highest BCUT2D eigenvalue weighted by molar-refractivity contribution is 5.74. The number of benzene rings is 1. The highest BCUT2D eigenvalue weighted by atomic mass is 16.5. The first-order valence-corrected chi connectivity index (χ1v) is 7.03. The van der Waals surface area contributed by atoms with Crippen molar-refractivity contribution in [1.82, 2.24) is 10.6 Å². The number of rotatable bonds is 6. The minimum absolute atomic E-state index is 0.0878. The van der Waals surface area contributed by atoms with E-state index in [9.17, 15) is 9.90 Å². The van der Waals surface area contributed by atoms with Crippen molar-refractivity contribution in [3.63, 3.8) is 0 Å². The van der Waals surface area contributed by atoms with Crippen LogP contribution >= 0.6 is 0 Å². The lowest BCUT2D eigenvalue weighted by atomic mass is 10.1. The maximum Gasteiger partial charge on any atom is 0.315 e. The van der Waals surface area contributed by atoms with E-state index in [2.05, 4.69) is 10.6 Å². The first-order valence-electron chi connectivity index (χ1n) is 7.03. The van der Waals surface area contributed by atoms with Gasteiger partial charge in [0.05, 0.1) is 12.2 Å². The minimum atomic E-state index is -0.740. The van der Waals surface area contributed by atoms with Crippen molar-refractivity contribution in [2.45, 2.75) is 44.9 Å². The van der Waals surface area contributed by atoms with Gasteiger partial charge in [0.15, 0.2) is 0 Å². The molecule has 110 valence electrons. The fourth-order valence-corrected chi connectivity index (χ4v) is 1.84. The number of nitrogens with one attached hydrogen (secondary N) is 2. The average molecular weight is 278 g/mol. The number of aliphatic hydroxyl groups is 1. The van der Waals surface area contributed by atoms with Crippen molar-refractivity contribution in [3.05, 3.63) is 29.8 Å². The number of hydrogen-bond acceptors (Lipinski definition) is 3. The fourth-order valence-electron chi connectivity index (χ4n) is 1.84.